The third-order valence-corrected chi connectivity index (χ3v) is 8.19. The number of hydrogen-bond donors (Lipinski definition) is 0. The number of rotatable bonds is 5. The lowest BCUT2D eigenvalue weighted by molar-refractivity contribution is 0.0290. The van der Waals surface area contributed by atoms with E-state index < -0.39 is 0 Å². The average molecular weight is 413 g/mol. The van der Waals surface area contributed by atoms with E-state index in [1.807, 2.05) is 0 Å². The van der Waals surface area contributed by atoms with E-state index in [9.17, 15) is 0 Å². The fourth-order valence-corrected chi connectivity index (χ4v) is 6.74. The molecule has 0 radical (unpaired) electrons. The van der Waals surface area contributed by atoms with Crippen LogP contribution < -0.4 is 9.47 Å². The van der Waals surface area contributed by atoms with Gasteiger partial charge in [0, 0.05) is 0 Å². The van der Waals surface area contributed by atoms with Gasteiger partial charge in [0.05, 0.1) is 11.7 Å². The Bertz CT molecular complexity index is 611. The number of fused-ring (bicyclic) bond motifs is 2. The SMILES string of the molecule is C1CCC(C2CCCCC2Oc2nsnc2OC23CCC(CC2)C3)CC1.Cl. The van der Waals surface area contributed by atoms with Crippen LogP contribution >= 0.6 is 24.1 Å². The highest BCUT2D eigenvalue weighted by Gasteiger charge is 2.48. The Morgan fingerprint density at radius 1 is 0.815 bits per heavy atom. The number of ether oxygens (including phenoxy) is 2. The first-order valence-corrected chi connectivity index (χ1v) is 11.7. The van der Waals surface area contributed by atoms with E-state index in [1.54, 1.807) is 0 Å². The summed E-state index contributed by atoms with van der Waals surface area (Å²) < 4.78 is 21.9. The Kier molecular flexibility index (Phi) is 6.18. The molecule has 0 spiro atoms. The van der Waals surface area contributed by atoms with Crippen molar-refractivity contribution >= 4 is 24.1 Å². The summed E-state index contributed by atoms with van der Waals surface area (Å²) in [5.41, 5.74) is 0.0356. The maximum Gasteiger partial charge on any atom is 0.291 e. The molecule has 6 heteroatoms. The van der Waals surface area contributed by atoms with E-state index in [0.29, 0.717) is 23.8 Å². The van der Waals surface area contributed by atoms with Crippen molar-refractivity contribution in [1.29, 1.82) is 0 Å². The standard InChI is InChI=1S/C21H32N2O2S.ClH/c1-2-6-16(7-3-1)17-8-4-5-9-18(17)24-19-20(23-26-22-19)25-21-12-10-15(14-21)11-13-21;/h15-18H,1-14H2;1H. The van der Waals surface area contributed by atoms with Gasteiger partial charge in [-0.3, -0.25) is 0 Å². The van der Waals surface area contributed by atoms with Crippen molar-refractivity contribution in [1.82, 2.24) is 8.75 Å². The van der Waals surface area contributed by atoms with E-state index in [-0.39, 0.29) is 18.0 Å². The van der Waals surface area contributed by atoms with Gasteiger partial charge in [0.25, 0.3) is 11.8 Å². The van der Waals surface area contributed by atoms with Gasteiger partial charge in [-0.1, -0.05) is 38.5 Å². The fourth-order valence-electron chi connectivity index (χ4n) is 6.31. The van der Waals surface area contributed by atoms with Gasteiger partial charge in [-0.05, 0) is 69.1 Å². The number of halogens is 1. The second kappa shape index (κ2) is 8.44. The number of hydrogen-bond acceptors (Lipinski definition) is 5. The Morgan fingerprint density at radius 2 is 1.52 bits per heavy atom. The predicted octanol–water partition coefficient (Wildman–Crippen LogP) is 6.19. The molecule has 0 saturated heterocycles. The van der Waals surface area contributed by atoms with E-state index >= 15 is 0 Å². The second-order valence-corrected chi connectivity index (χ2v) is 9.84. The summed E-state index contributed by atoms with van der Waals surface area (Å²) in [7, 11) is 0. The molecule has 4 aliphatic rings. The molecule has 2 bridgehead atoms. The molecule has 4 aliphatic carbocycles. The van der Waals surface area contributed by atoms with Crippen molar-refractivity contribution in [3.05, 3.63) is 0 Å². The molecule has 0 amide bonds. The first-order valence-electron chi connectivity index (χ1n) is 11.0. The summed E-state index contributed by atoms with van der Waals surface area (Å²) in [5.74, 6) is 3.81. The zero-order valence-corrected chi connectivity index (χ0v) is 17.9. The van der Waals surface area contributed by atoms with Crippen LogP contribution in [0.25, 0.3) is 0 Å². The number of aromatic nitrogens is 2. The summed E-state index contributed by atoms with van der Waals surface area (Å²) in [4.78, 5) is 0. The van der Waals surface area contributed by atoms with Crippen molar-refractivity contribution in [3.8, 4) is 11.8 Å². The van der Waals surface area contributed by atoms with Crippen LogP contribution in [0.1, 0.15) is 89.9 Å². The highest BCUT2D eigenvalue weighted by Crippen LogP contribution is 2.51. The van der Waals surface area contributed by atoms with Gasteiger partial charge in [0.2, 0.25) is 0 Å². The van der Waals surface area contributed by atoms with Gasteiger partial charge >= 0.3 is 0 Å². The molecular formula is C21H33ClN2O2S. The molecule has 0 aromatic carbocycles. The normalized spacial score (nSPS) is 36.4. The van der Waals surface area contributed by atoms with Crippen molar-refractivity contribution in [3.63, 3.8) is 0 Å². The Labute approximate surface area is 173 Å². The molecule has 1 heterocycles. The topological polar surface area (TPSA) is 44.2 Å². The van der Waals surface area contributed by atoms with E-state index in [0.717, 1.165) is 11.8 Å². The monoisotopic (exact) mass is 412 g/mol. The Hall–Kier alpha value is -0.550. The van der Waals surface area contributed by atoms with Gasteiger partial charge in [-0.2, -0.15) is 0 Å². The molecule has 4 saturated carbocycles. The lowest BCUT2D eigenvalue weighted by atomic mass is 9.72. The summed E-state index contributed by atoms with van der Waals surface area (Å²) >= 11 is 1.25. The summed E-state index contributed by atoms with van der Waals surface area (Å²) in [6, 6.07) is 0. The molecule has 4 nitrogen and oxygen atoms in total. The minimum Gasteiger partial charge on any atom is -0.470 e. The minimum atomic E-state index is 0. The fraction of sp³-hybridized carbons (Fsp3) is 0.905. The number of nitrogens with zero attached hydrogens (tertiary/aromatic N) is 2. The summed E-state index contributed by atoms with van der Waals surface area (Å²) in [6.07, 6.45) is 18.7. The van der Waals surface area contributed by atoms with Crippen LogP contribution in [0.3, 0.4) is 0 Å². The minimum absolute atomic E-state index is 0. The molecule has 1 aromatic heterocycles. The van der Waals surface area contributed by atoms with E-state index in [4.69, 9.17) is 9.47 Å². The summed E-state index contributed by atoms with van der Waals surface area (Å²) in [5, 5.41) is 0. The molecule has 4 fully saturated rings. The van der Waals surface area contributed by atoms with Gasteiger partial charge < -0.3 is 9.47 Å². The molecule has 2 atom stereocenters. The first kappa shape index (κ1) is 19.8. The molecule has 2 unspecified atom stereocenters. The predicted molar refractivity (Wildman–Crippen MR) is 110 cm³/mol. The zero-order valence-electron chi connectivity index (χ0n) is 16.2. The van der Waals surface area contributed by atoms with Gasteiger partial charge in [-0.15, -0.1) is 21.2 Å². The van der Waals surface area contributed by atoms with Crippen LogP contribution in [-0.4, -0.2) is 20.5 Å². The van der Waals surface area contributed by atoms with Gasteiger partial charge in [-0.25, -0.2) is 0 Å². The van der Waals surface area contributed by atoms with Crippen molar-refractivity contribution in [2.75, 3.05) is 0 Å². The lowest BCUT2D eigenvalue weighted by Gasteiger charge is -2.38. The highest BCUT2D eigenvalue weighted by molar-refractivity contribution is 6.99. The maximum absolute atomic E-state index is 6.52. The smallest absolute Gasteiger partial charge is 0.291 e. The van der Waals surface area contributed by atoms with E-state index in [1.165, 1.54) is 102 Å². The van der Waals surface area contributed by atoms with Crippen LogP contribution in [0.4, 0.5) is 0 Å². The third-order valence-electron chi connectivity index (χ3n) is 7.69. The molecule has 0 aliphatic heterocycles. The Balaban J connectivity index is 0.00000180. The third kappa shape index (κ3) is 4.10. The summed E-state index contributed by atoms with van der Waals surface area (Å²) in [6.45, 7) is 0. The van der Waals surface area contributed by atoms with E-state index in [2.05, 4.69) is 8.75 Å². The van der Waals surface area contributed by atoms with Gasteiger partial charge in [0.15, 0.2) is 0 Å². The molecule has 27 heavy (non-hydrogen) atoms. The Morgan fingerprint density at radius 3 is 2.26 bits per heavy atom. The molecule has 0 N–H and O–H groups in total. The van der Waals surface area contributed by atoms with Crippen LogP contribution in [-0.2, 0) is 0 Å². The molecular weight excluding hydrogens is 380 g/mol. The average Bonchev–Trinajstić information content (AvgIpc) is 3.40. The van der Waals surface area contributed by atoms with Crippen molar-refractivity contribution < 1.29 is 9.47 Å². The molecule has 5 rings (SSSR count). The highest BCUT2D eigenvalue weighted by atomic mass is 35.5. The maximum atomic E-state index is 6.52. The molecule has 1 aromatic rings. The molecule has 152 valence electrons. The van der Waals surface area contributed by atoms with Crippen LogP contribution in [0, 0.1) is 17.8 Å². The van der Waals surface area contributed by atoms with Crippen LogP contribution in [0.15, 0.2) is 0 Å². The lowest BCUT2D eigenvalue weighted by Crippen LogP contribution is -2.37. The first-order chi connectivity index (χ1) is 12.8. The van der Waals surface area contributed by atoms with Gasteiger partial charge in [0.1, 0.15) is 11.7 Å². The van der Waals surface area contributed by atoms with Crippen LogP contribution in [0.5, 0.6) is 11.8 Å². The zero-order chi connectivity index (χ0) is 17.4. The largest absolute Gasteiger partial charge is 0.470 e. The second-order valence-electron chi connectivity index (χ2n) is 9.31. The van der Waals surface area contributed by atoms with Crippen molar-refractivity contribution in [2.24, 2.45) is 17.8 Å². The van der Waals surface area contributed by atoms with Crippen LogP contribution in [0.2, 0.25) is 0 Å². The van der Waals surface area contributed by atoms with Crippen molar-refractivity contribution in [2.45, 2.75) is 102 Å². The quantitative estimate of drug-likeness (QED) is 0.578.